The molecule has 1 aliphatic rings. The Hall–Kier alpha value is -1.53. The molecule has 3 N–H and O–H groups in total. The van der Waals surface area contributed by atoms with Crippen LogP contribution < -0.4 is 11.1 Å². The average Bonchev–Trinajstić information content (AvgIpc) is 2.49. The third-order valence-corrected chi connectivity index (χ3v) is 4.46. The standard InChI is InChI=1S/C16H23N3O2S/c1-16(2,17)15(21)18-13-5-3-12(4-6-13)11-14(20)19-7-9-22-10-8-19/h3-6H,7-11,17H2,1-2H3,(H,18,21). The van der Waals surface area contributed by atoms with Crippen LogP contribution in [0.3, 0.4) is 0 Å². The maximum Gasteiger partial charge on any atom is 0.243 e. The first-order valence-electron chi connectivity index (χ1n) is 7.41. The van der Waals surface area contributed by atoms with Crippen molar-refractivity contribution in [2.24, 2.45) is 5.73 Å². The highest BCUT2D eigenvalue weighted by atomic mass is 32.2. The van der Waals surface area contributed by atoms with Gasteiger partial charge in [0.25, 0.3) is 0 Å². The molecule has 0 atom stereocenters. The van der Waals surface area contributed by atoms with Crippen molar-refractivity contribution in [1.82, 2.24) is 4.90 Å². The van der Waals surface area contributed by atoms with Gasteiger partial charge >= 0.3 is 0 Å². The van der Waals surface area contributed by atoms with Crippen LogP contribution in [0.1, 0.15) is 19.4 Å². The van der Waals surface area contributed by atoms with E-state index in [0.717, 1.165) is 30.2 Å². The number of hydrogen-bond acceptors (Lipinski definition) is 4. The summed E-state index contributed by atoms with van der Waals surface area (Å²) in [7, 11) is 0. The summed E-state index contributed by atoms with van der Waals surface area (Å²) < 4.78 is 0. The minimum atomic E-state index is -0.916. The largest absolute Gasteiger partial charge is 0.341 e. The second-order valence-electron chi connectivity index (χ2n) is 6.04. The van der Waals surface area contributed by atoms with Crippen LogP contribution in [0.15, 0.2) is 24.3 Å². The summed E-state index contributed by atoms with van der Waals surface area (Å²) in [5, 5.41) is 2.76. The fourth-order valence-corrected chi connectivity index (χ4v) is 3.00. The lowest BCUT2D eigenvalue weighted by Gasteiger charge is -2.26. The zero-order chi connectivity index (χ0) is 16.2. The van der Waals surface area contributed by atoms with E-state index in [1.165, 1.54) is 0 Å². The molecule has 120 valence electrons. The van der Waals surface area contributed by atoms with E-state index in [1.807, 2.05) is 28.8 Å². The maximum absolute atomic E-state index is 12.2. The highest BCUT2D eigenvalue weighted by Gasteiger charge is 2.22. The topological polar surface area (TPSA) is 75.4 Å². The molecule has 2 amide bonds. The molecule has 0 aromatic heterocycles. The average molecular weight is 321 g/mol. The van der Waals surface area contributed by atoms with E-state index in [-0.39, 0.29) is 11.8 Å². The van der Waals surface area contributed by atoms with E-state index in [9.17, 15) is 9.59 Å². The molecule has 0 bridgehead atoms. The number of benzene rings is 1. The quantitative estimate of drug-likeness (QED) is 0.881. The van der Waals surface area contributed by atoms with E-state index >= 15 is 0 Å². The number of rotatable bonds is 4. The van der Waals surface area contributed by atoms with Crippen LogP contribution in [0.4, 0.5) is 5.69 Å². The molecule has 0 radical (unpaired) electrons. The zero-order valence-corrected chi connectivity index (χ0v) is 13.9. The summed E-state index contributed by atoms with van der Waals surface area (Å²) in [6, 6.07) is 7.35. The summed E-state index contributed by atoms with van der Waals surface area (Å²) >= 11 is 1.89. The van der Waals surface area contributed by atoms with Gasteiger partial charge in [-0.25, -0.2) is 0 Å². The second-order valence-corrected chi connectivity index (χ2v) is 7.27. The SMILES string of the molecule is CC(C)(N)C(=O)Nc1ccc(CC(=O)N2CCSCC2)cc1. The summed E-state index contributed by atoms with van der Waals surface area (Å²) in [6.07, 6.45) is 0.404. The van der Waals surface area contributed by atoms with E-state index in [0.29, 0.717) is 12.1 Å². The van der Waals surface area contributed by atoms with Gasteiger partial charge in [0.15, 0.2) is 0 Å². The zero-order valence-electron chi connectivity index (χ0n) is 13.1. The molecule has 6 heteroatoms. The van der Waals surface area contributed by atoms with Crippen LogP contribution in [-0.2, 0) is 16.0 Å². The Balaban J connectivity index is 1.91. The van der Waals surface area contributed by atoms with Gasteiger partial charge in [-0.05, 0) is 31.5 Å². The molecule has 1 aliphatic heterocycles. The van der Waals surface area contributed by atoms with Gasteiger partial charge in [0.1, 0.15) is 0 Å². The van der Waals surface area contributed by atoms with Crippen LogP contribution in [0.5, 0.6) is 0 Å². The van der Waals surface area contributed by atoms with Crippen LogP contribution in [0, 0.1) is 0 Å². The predicted molar refractivity (Wildman–Crippen MR) is 90.9 cm³/mol. The molecule has 1 heterocycles. The lowest BCUT2D eigenvalue weighted by atomic mass is 10.1. The van der Waals surface area contributed by atoms with Crippen molar-refractivity contribution < 1.29 is 9.59 Å². The minimum Gasteiger partial charge on any atom is -0.341 e. The molecule has 0 aliphatic carbocycles. The number of hydrogen-bond donors (Lipinski definition) is 2. The molecule has 1 aromatic rings. The number of carbonyl (C=O) groups excluding carboxylic acids is 2. The lowest BCUT2D eigenvalue weighted by Crippen LogP contribution is -2.45. The normalized spacial score (nSPS) is 15.5. The van der Waals surface area contributed by atoms with Crippen LogP contribution in [0.25, 0.3) is 0 Å². The van der Waals surface area contributed by atoms with E-state index in [2.05, 4.69) is 5.32 Å². The molecule has 1 fully saturated rings. The summed E-state index contributed by atoms with van der Waals surface area (Å²) in [6.45, 7) is 4.99. The first-order chi connectivity index (χ1) is 10.4. The van der Waals surface area contributed by atoms with Crippen molar-refractivity contribution in [1.29, 1.82) is 0 Å². The number of nitrogens with one attached hydrogen (secondary N) is 1. The van der Waals surface area contributed by atoms with Crippen molar-refractivity contribution >= 4 is 29.3 Å². The Morgan fingerprint density at radius 2 is 1.82 bits per heavy atom. The van der Waals surface area contributed by atoms with E-state index in [4.69, 9.17) is 5.73 Å². The molecule has 2 rings (SSSR count). The van der Waals surface area contributed by atoms with E-state index in [1.54, 1.807) is 26.0 Å². The van der Waals surface area contributed by atoms with Crippen molar-refractivity contribution in [2.45, 2.75) is 25.8 Å². The summed E-state index contributed by atoms with van der Waals surface area (Å²) in [5.41, 5.74) is 6.47. The molecule has 22 heavy (non-hydrogen) atoms. The van der Waals surface area contributed by atoms with Crippen molar-refractivity contribution in [3.63, 3.8) is 0 Å². The van der Waals surface area contributed by atoms with Crippen LogP contribution in [0.2, 0.25) is 0 Å². The number of nitrogens with two attached hydrogens (primary N) is 1. The van der Waals surface area contributed by atoms with Gasteiger partial charge in [-0.3, -0.25) is 9.59 Å². The molecule has 0 spiro atoms. The van der Waals surface area contributed by atoms with E-state index < -0.39 is 5.54 Å². The van der Waals surface area contributed by atoms with Gasteiger partial charge in [-0.15, -0.1) is 0 Å². The highest BCUT2D eigenvalue weighted by Crippen LogP contribution is 2.14. The van der Waals surface area contributed by atoms with Gasteiger partial charge in [0.2, 0.25) is 11.8 Å². The second kappa shape index (κ2) is 7.15. The smallest absolute Gasteiger partial charge is 0.243 e. The van der Waals surface area contributed by atoms with Gasteiger partial charge in [-0.1, -0.05) is 12.1 Å². The number of carbonyl (C=O) groups is 2. The highest BCUT2D eigenvalue weighted by molar-refractivity contribution is 7.99. The molecule has 1 saturated heterocycles. The first kappa shape index (κ1) is 16.8. The fraction of sp³-hybridized carbons (Fsp3) is 0.500. The monoisotopic (exact) mass is 321 g/mol. The van der Waals surface area contributed by atoms with Gasteiger partial charge < -0.3 is 16.0 Å². The predicted octanol–water partition coefficient (Wildman–Crippen LogP) is 1.48. The Labute approximate surface area is 135 Å². The van der Waals surface area contributed by atoms with Crippen molar-refractivity contribution in [2.75, 3.05) is 29.9 Å². The van der Waals surface area contributed by atoms with Crippen molar-refractivity contribution in [3.8, 4) is 0 Å². The fourth-order valence-electron chi connectivity index (χ4n) is 2.10. The molecule has 0 unspecified atom stereocenters. The van der Waals surface area contributed by atoms with Crippen LogP contribution in [-0.4, -0.2) is 46.8 Å². The molecular formula is C16H23N3O2S. The Bertz CT molecular complexity index is 531. The summed E-state index contributed by atoms with van der Waals surface area (Å²) in [5.74, 6) is 1.97. The third kappa shape index (κ3) is 4.74. The molecule has 5 nitrogen and oxygen atoms in total. The third-order valence-electron chi connectivity index (χ3n) is 3.52. The Morgan fingerprint density at radius 1 is 1.23 bits per heavy atom. The van der Waals surface area contributed by atoms with Crippen molar-refractivity contribution in [3.05, 3.63) is 29.8 Å². The number of thioether (sulfide) groups is 1. The number of anilines is 1. The number of amides is 2. The summed E-state index contributed by atoms with van der Waals surface area (Å²) in [4.78, 5) is 25.9. The minimum absolute atomic E-state index is 0.167. The van der Waals surface area contributed by atoms with Crippen LogP contribution >= 0.6 is 11.8 Å². The lowest BCUT2D eigenvalue weighted by molar-refractivity contribution is -0.130. The van der Waals surface area contributed by atoms with Gasteiger partial charge in [0, 0.05) is 30.3 Å². The Kier molecular flexibility index (Phi) is 5.47. The Morgan fingerprint density at radius 3 is 2.36 bits per heavy atom. The molecule has 0 saturated carbocycles. The first-order valence-corrected chi connectivity index (χ1v) is 8.56. The van der Waals surface area contributed by atoms with Gasteiger partial charge in [0.05, 0.1) is 12.0 Å². The number of nitrogens with zero attached hydrogens (tertiary/aromatic N) is 1. The molecular weight excluding hydrogens is 298 g/mol. The van der Waals surface area contributed by atoms with Gasteiger partial charge in [-0.2, -0.15) is 11.8 Å². The maximum atomic E-state index is 12.2. The molecule has 1 aromatic carbocycles.